The van der Waals surface area contributed by atoms with Crippen LogP contribution in [0.4, 0.5) is 0 Å². The number of carboxylic acids is 1. The molecule has 0 saturated carbocycles. The van der Waals surface area contributed by atoms with E-state index in [9.17, 15) is 4.79 Å². The topological polar surface area (TPSA) is 37.3 Å². The van der Waals surface area contributed by atoms with Gasteiger partial charge in [-0.1, -0.05) is 69.1 Å². The van der Waals surface area contributed by atoms with E-state index in [0.29, 0.717) is 6.42 Å². The molecule has 0 aromatic rings. The average Bonchev–Trinajstić information content (AvgIpc) is 2.50. The Kier molecular flexibility index (Phi) is 16.7. The highest BCUT2D eigenvalue weighted by Gasteiger charge is 1.91. The molecule has 0 aliphatic rings. The number of unbranched alkanes of at least 4 members (excludes halogenated alkanes) is 8. The molecule has 0 atom stereocenters. The fraction of sp³-hybridized carbons (Fsp3) is 0.650. The van der Waals surface area contributed by atoms with Gasteiger partial charge in [0, 0.05) is 6.42 Å². The molecular formula is C20H34O2. The van der Waals surface area contributed by atoms with E-state index in [0.717, 1.165) is 6.42 Å². The van der Waals surface area contributed by atoms with Crippen molar-refractivity contribution in [3.63, 3.8) is 0 Å². The molecule has 0 aromatic carbocycles. The molecule has 0 aliphatic heterocycles. The maximum Gasteiger partial charge on any atom is 0.303 e. The monoisotopic (exact) mass is 306 g/mol. The molecule has 126 valence electrons. The molecule has 0 heterocycles. The summed E-state index contributed by atoms with van der Waals surface area (Å²) in [6, 6.07) is 0. The van der Waals surface area contributed by atoms with E-state index in [-0.39, 0.29) is 6.42 Å². The Bertz CT molecular complexity index is 327. The molecule has 22 heavy (non-hydrogen) atoms. The van der Waals surface area contributed by atoms with Crippen LogP contribution in [0.5, 0.6) is 0 Å². The summed E-state index contributed by atoms with van der Waals surface area (Å²) in [5.41, 5.74) is 0. The first kappa shape index (κ1) is 20.7. The number of hydrogen-bond acceptors (Lipinski definition) is 1. The first-order valence-corrected chi connectivity index (χ1v) is 8.95. The van der Waals surface area contributed by atoms with Crippen molar-refractivity contribution in [2.24, 2.45) is 0 Å². The number of hydrogen-bond donors (Lipinski definition) is 1. The molecule has 2 heteroatoms. The minimum atomic E-state index is -0.714. The van der Waals surface area contributed by atoms with Gasteiger partial charge in [-0.3, -0.25) is 4.79 Å². The summed E-state index contributed by atoms with van der Waals surface area (Å²) in [5.74, 6) is -0.714. The van der Waals surface area contributed by atoms with E-state index in [1.165, 1.54) is 57.8 Å². The first-order chi connectivity index (χ1) is 10.8. The van der Waals surface area contributed by atoms with Crippen LogP contribution in [0, 0.1) is 0 Å². The molecule has 0 radical (unpaired) electrons. The second-order valence-electron chi connectivity index (χ2n) is 5.75. The van der Waals surface area contributed by atoms with Crippen LogP contribution in [0.25, 0.3) is 0 Å². The molecule has 0 fully saturated rings. The average molecular weight is 306 g/mol. The lowest BCUT2D eigenvalue weighted by Crippen LogP contribution is -1.91. The van der Waals surface area contributed by atoms with Crippen molar-refractivity contribution >= 4 is 5.97 Å². The summed E-state index contributed by atoms with van der Waals surface area (Å²) in [6.45, 7) is 2.24. The van der Waals surface area contributed by atoms with Crippen molar-refractivity contribution in [1.82, 2.24) is 0 Å². The van der Waals surface area contributed by atoms with Crippen LogP contribution in [-0.4, -0.2) is 11.1 Å². The minimum absolute atomic E-state index is 0.246. The Labute approximate surface area is 137 Å². The van der Waals surface area contributed by atoms with Gasteiger partial charge in [0.15, 0.2) is 0 Å². The highest BCUT2D eigenvalue weighted by molar-refractivity contribution is 5.66. The quantitative estimate of drug-likeness (QED) is 0.215. The van der Waals surface area contributed by atoms with Crippen molar-refractivity contribution in [2.75, 3.05) is 0 Å². The lowest BCUT2D eigenvalue weighted by Gasteiger charge is -1.96. The molecule has 2 nitrogen and oxygen atoms in total. The van der Waals surface area contributed by atoms with Gasteiger partial charge < -0.3 is 5.11 Å². The summed E-state index contributed by atoms with van der Waals surface area (Å²) in [7, 11) is 0. The third-order valence-corrected chi connectivity index (χ3v) is 3.54. The van der Waals surface area contributed by atoms with Crippen LogP contribution in [0.2, 0.25) is 0 Å². The summed E-state index contributed by atoms with van der Waals surface area (Å²) >= 11 is 0. The van der Waals surface area contributed by atoms with E-state index in [1.54, 1.807) is 0 Å². The smallest absolute Gasteiger partial charge is 0.303 e. The van der Waals surface area contributed by atoms with E-state index in [2.05, 4.69) is 37.3 Å². The second kappa shape index (κ2) is 17.7. The zero-order chi connectivity index (χ0) is 16.3. The van der Waals surface area contributed by atoms with Crippen molar-refractivity contribution in [3.8, 4) is 0 Å². The SMILES string of the molecule is CCCCC/C=C/C=C/CCCCCC/C=C/CCC(=O)O. The van der Waals surface area contributed by atoms with Gasteiger partial charge in [0.05, 0.1) is 0 Å². The van der Waals surface area contributed by atoms with E-state index in [4.69, 9.17) is 5.11 Å². The molecule has 0 bridgehead atoms. The summed E-state index contributed by atoms with van der Waals surface area (Å²) in [6.07, 6.45) is 26.3. The molecule has 0 saturated heterocycles. The van der Waals surface area contributed by atoms with Crippen LogP contribution in [-0.2, 0) is 4.79 Å². The Balaban J connectivity index is 3.24. The Hall–Kier alpha value is -1.31. The number of carbonyl (C=O) groups is 1. The Morgan fingerprint density at radius 2 is 1.23 bits per heavy atom. The second-order valence-corrected chi connectivity index (χ2v) is 5.75. The molecule has 0 unspecified atom stereocenters. The first-order valence-electron chi connectivity index (χ1n) is 8.95. The third kappa shape index (κ3) is 18.7. The Morgan fingerprint density at radius 1 is 0.727 bits per heavy atom. The van der Waals surface area contributed by atoms with Crippen LogP contribution in [0.3, 0.4) is 0 Å². The molecule has 1 N–H and O–H groups in total. The van der Waals surface area contributed by atoms with Crippen molar-refractivity contribution in [2.45, 2.75) is 84.0 Å². The summed E-state index contributed by atoms with van der Waals surface area (Å²) in [5, 5.41) is 8.50. The van der Waals surface area contributed by atoms with Gasteiger partial charge in [-0.25, -0.2) is 0 Å². The minimum Gasteiger partial charge on any atom is -0.481 e. The highest BCUT2D eigenvalue weighted by atomic mass is 16.4. The van der Waals surface area contributed by atoms with Gasteiger partial charge >= 0.3 is 5.97 Å². The number of rotatable bonds is 15. The summed E-state index contributed by atoms with van der Waals surface area (Å²) in [4.78, 5) is 10.3. The third-order valence-electron chi connectivity index (χ3n) is 3.54. The number of carboxylic acid groups (broad SMARTS) is 1. The maximum atomic E-state index is 10.3. The van der Waals surface area contributed by atoms with Gasteiger partial charge in [0.2, 0.25) is 0 Å². The van der Waals surface area contributed by atoms with Gasteiger partial charge in [0.1, 0.15) is 0 Å². The highest BCUT2D eigenvalue weighted by Crippen LogP contribution is 2.07. The van der Waals surface area contributed by atoms with Gasteiger partial charge in [0.25, 0.3) is 0 Å². The van der Waals surface area contributed by atoms with Crippen LogP contribution >= 0.6 is 0 Å². The lowest BCUT2D eigenvalue weighted by molar-refractivity contribution is -0.136. The molecule has 0 amide bonds. The normalized spacial score (nSPS) is 12.0. The van der Waals surface area contributed by atoms with E-state index < -0.39 is 5.97 Å². The van der Waals surface area contributed by atoms with Crippen molar-refractivity contribution in [3.05, 3.63) is 36.5 Å². The fourth-order valence-electron chi connectivity index (χ4n) is 2.18. The number of allylic oxidation sites excluding steroid dienone is 6. The number of aliphatic carboxylic acids is 1. The Morgan fingerprint density at radius 3 is 1.77 bits per heavy atom. The largest absolute Gasteiger partial charge is 0.481 e. The zero-order valence-electron chi connectivity index (χ0n) is 14.3. The molecule has 0 aliphatic carbocycles. The van der Waals surface area contributed by atoms with Crippen molar-refractivity contribution < 1.29 is 9.90 Å². The fourth-order valence-corrected chi connectivity index (χ4v) is 2.18. The maximum absolute atomic E-state index is 10.3. The van der Waals surface area contributed by atoms with Gasteiger partial charge in [-0.05, 0) is 44.9 Å². The predicted octanol–water partition coefficient (Wildman–Crippen LogP) is 6.44. The van der Waals surface area contributed by atoms with Gasteiger partial charge in [-0.15, -0.1) is 0 Å². The summed E-state index contributed by atoms with van der Waals surface area (Å²) < 4.78 is 0. The van der Waals surface area contributed by atoms with Crippen LogP contribution in [0.1, 0.15) is 84.0 Å². The van der Waals surface area contributed by atoms with Crippen LogP contribution in [0.15, 0.2) is 36.5 Å². The molecule has 0 spiro atoms. The molecule has 0 rings (SSSR count). The van der Waals surface area contributed by atoms with Crippen molar-refractivity contribution in [1.29, 1.82) is 0 Å². The predicted molar refractivity (Wildman–Crippen MR) is 96.1 cm³/mol. The lowest BCUT2D eigenvalue weighted by atomic mass is 10.1. The van der Waals surface area contributed by atoms with E-state index >= 15 is 0 Å². The molecule has 0 aromatic heterocycles. The van der Waals surface area contributed by atoms with Crippen LogP contribution < -0.4 is 0 Å². The standard InChI is InChI=1S/C20H34O2/c1-2-3-4-5-6-7-8-9-10-11-12-13-14-15-16-17-18-19-20(21)22/h6-9,16-17H,2-5,10-15,18-19H2,1H3,(H,21,22)/b7-6+,9-8+,17-16+. The zero-order valence-corrected chi connectivity index (χ0v) is 14.3. The van der Waals surface area contributed by atoms with E-state index in [1.807, 2.05) is 6.08 Å². The molecular weight excluding hydrogens is 272 g/mol. The van der Waals surface area contributed by atoms with Gasteiger partial charge in [-0.2, -0.15) is 0 Å².